The number of hydrogen-bond donors (Lipinski definition) is 1. The van der Waals surface area contributed by atoms with Gasteiger partial charge in [-0.3, -0.25) is 4.79 Å². The van der Waals surface area contributed by atoms with Crippen molar-refractivity contribution in [2.45, 2.75) is 19.5 Å². The van der Waals surface area contributed by atoms with Crippen LogP contribution in [0.2, 0.25) is 5.02 Å². The third-order valence-corrected chi connectivity index (χ3v) is 4.63. The van der Waals surface area contributed by atoms with Gasteiger partial charge in [-0.15, -0.1) is 0 Å². The predicted octanol–water partition coefficient (Wildman–Crippen LogP) is 3.27. The number of hydrogen-bond acceptors (Lipinski definition) is 3. The second kappa shape index (κ2) is 7.68. The Morgan fingerprint density at radius 1 is 1.24 bits per heavy atom. The summed E-state index contributed by atoms with van der Waals surface area (Å²) in [5.41, 5.74) is 2.61. The van der Waals surface area contributed by atoms with E-state index in [-0.39, 0.29) is 19.1 Å². The lowest BCUT2D eigenvalue weighted by Gasteiger charge is -2.26. The van der Waals surface area contributed by atoms with Crippen LogP contribution in [-0.2, 0) is 11.3 Å². The molecule has 25 heavy (non-hydrogen) atoms. The molecule has 0 spiro atoms. The molecule has 1 heterocycles. The highest BCUT2D eigenvalue weighted by atomic mass is 35.5. The van der Waals surface area contributed by atoms with Gasteiger partial charge >= 0.3 is 0 Å². The smallest absolute Gasteiger partial charge is 0.245 e. The number of aromatic nitrogens is 2. The number of carbonyl (C=O) groups is 1. The van der Waals surface area contributed by atoms with Gasteiger partial charge in [0.1, 0.15) is 6.04 Å². The first-order valence-electron chi connectivity index (χ1n) is 8.16. The van der Waals surface area contributed by atoms with Crippen LogP contribution in [-0.4, -0.2) is 38.6 Å². The van der Waals surface area contributed by atoms with E-state index in [4.69, 9.17) is 11.6 Å². The Morgan fingerprint density at radius 3 is 2.72 bits per heavy atom. The molecule has 1 atom stereocenters. The molecule has 130 valence electrons. The van der Waals surface area contributed by atoms with Crippen LogP contribution in [0.25, 0.3) is 11.0 Å². The van der Waals surface area contributed by atoms with Gasteiger partial charge in [-0.2, -0.15) is 0 Å². The quantitative estimate of drug-likeness (QED) is 0.736. The van der Waals surface area contributed by atoms with Crippen molar-refractivity contribution >= 4 is 28.5 Å². The summed E-state index contributed by atoms with van der Waals surface area (Å²) >= 11 is 6.21. The van der Waals surface area contributed by atoms with Gasteiger partial charge < -0.3 is 14.6 Å². The van der Waals surface area contributed by atoms with Crippen LogP contribution in [0, 0.1) is 0 Å². The molecule has 1 unspecified atom stereocenters. The Hall–Kier alpha value is -2.37. The van der Waals surface area contributed by atoms with E-state index >= 15 is 0 Å². The van der Waals surface area contributed by atoms with Crippen molar-refractivity contribution in [1.29, 1.82) is 0 Å². The van der Waals surface area contributed by atoms with Crippen molar-refractivity contribution in [3.8, 4) is 0 Å². The number of imidazole rings is 1. The van der Waals surface area contributed by atoms with Gasteiger partial charge in [-0.05, 0) is 30.7 Å². The van der Waals surface area contributed by atoms with E-state index in [1.54, 1.807) is 17.3 Å². The van der Waals surface area contributed by atoms with E-state index in [2.05, 4.69) is 4.98 Å². The predicted molar refractivity (Wildman–Crippen MR) is 98.4 cm³/mol. The molecule has 6 heteroatoms. The second-order valence-corrected chi connectivity index (χ2v) is 6.30. The first-order valence-corrected chi connectivity index (χ1v) is 8.54. The molecule has 3 rings (SSSR count). The number of carbonyl (C=O) groups excluding carboxylic acids is 1. The standard InChI is InChI=1S/C19H20ClN3O2/c1-14(23-13-21-17-8-4-5-9-18(17)23)19(25)22(10-11-24)12-15-6-2-3-7-16(15)20/h2-9,13-14,24H,10-12H2,1H3. The maximum absolute atomic E-state index is 13.0. The second-order valence-electron chi connectivity index (χ2n) is 5.89. The number of para-hydroxylation sites is 2. The van der Waals surface area contributed by atoms with E-state index in [0.29, 0.717) is 11.6 Å². The first kappa shape index (κ1) is 17.5. The lowest BCUT2D eigenvalue weighted by molar-refractivity contribution is -0.135. The van der Waals surface area contributed by atoms with Crippen molar-refractivity contribution in [1.82, 2.24) is 14.5 Å². The van der Waals surface area contributed by atoms with Crippen molar-refractivity contribution in [2.75, 3.05) is 13.2 Å². The number of nitrogens with zero attached hydrogens (tertiary/aromatic N) is 3. The molecule has 0 radical (unpaired) electrons. The first-order chi connectivity index (χ1) is 12.1. The minimum Gasteiger partial charge on any atom is -0.395 e. The zero-order valence-electron chi connectivity index (χ0n) is 14.0. The summed E-state index contributed by atoms with van der Waals surface area (Å²) in [7, 11) is 0. The minimum absolute atomic E-state index is 0.0860. The van der Waals surface area contributed by atoms with Gasteiger partial charge in [-0.25, -0.2) is 4.98 Å². The van der Waals surface area contributed by atoms with Crippen LogP contribution in [0.1, 0.15) is 18.5 Å². The fourth-order valence-corrected chi connectivity index (χ4v) is 3.09. The average molecular weight is 358 g/mol. The van der Waals surface area contributed by atoms with Crippen LogP contribution >= 0.6 is 11.6 Å². The number of aliphatic hydroxyl groups is 1. The zero-order valence-corrected chi connectivity index (χ0v) is 14.7. The molecule has 0 aliphatic rings. The topological polar surface area (TPSA) is 58.4 Å². The molecule has 5 nitrogen and oxygen atoms in total. The highest BCUT2D eigenvalue weighted by Gasteiger charge is 2.23. The molecule has 0 saturated carbocycles. The monoisotopic (exact) mass is 357 g/mol. The third kappa shape index (κ3) is 3.67. The molecular weight excluding hydrogens is 338 g/mol. The molecule has 0 bridgehead atoms. The minimum atomic E-state index is -0.429. The van der Waals surface area contributed by atoms with Gasteiger partial charge in [0.15, 0.2) is 0 Å². The summed E-state index contributed by atoms with van der Waals surface area (Å²) in [5.74, 6) is -0.0860. The number of fused-ring (bicyclic) bond motifs is 1. The fraction of sp³-hybridized carbons (Fsp3) is 0.263. The third-order valence-electron chi connectivity index (χ3n) is 4.26. The molecule has 0 aliphatic carbocycles. The van der Waals surface area contributed by atoms with Crippen molar-refractivity contribution in [3.63, 3.8) is 0 Å². The van der Waals surface area contributed by atoms with Crippen LogP contribution in [0.5, 0.6) is 0 Å². The number of aliphatic hydroxyl groups excluding tert-OH is 1. The summed E-state index contributed by atoms with van der Waals surface area (Å²) < 4.78 is 1.86. The molecule has 1 N–H and O–H groups in total. The van der Waals surface area contributed by atoms with Crippen molar-refractivity contribution in [3.05, 3.63) is 65.4 Å². The van der Waals surface area contributed by atoms with Gasteiger partial charge in [-0.1, -0.05) is 41.9 Å². The normalized spacial score (nSPS) is 12.3. The summed E-state index contributed by atoms with van der Waals surface area (Å²) in [4.78, 5) is 19.0. The van der Waals surface area contributed by atoms with Crippen LogP contribution in [0.4, 0.5) is 0 Å². The van der Waals surface area contributed by atoms with Gasteiger partial charge in [0, 0.05) is 18.1 Å². The van der Waals surface area contributed by atoms with Crippen molar-refractivity contribution in [2.24, 2.45) is 0 Å². The summed E-state index contributed by atoms with van der Waals surface area (Å²) in [6.45, 7) is 2.35. The highest BCUT2D eigenvalue weighted by molar-refractivity contribution is 6.31. The van der Waals surface area contributed by atoms with E-state index in [0.717, 1.165) is 16.6 Å². The Kier molecular flexibility index (Phi) is 5.36. The summed E-state index contributed by atoms with van der Waals surface area (Å²) in [6.07, 6.45) is 1.68. The lowest BCUT2D eigenvalue weighted by Crippen LogP contribution is -2.37. The fourth-order valence-electron chi connectivity index (χ4n) is 2.89. The molecule has 1 aromatic heterocycles. The van der Waals surface area contributed by atoms with Gasteiger partial charge in [0.2, 0.25) is 5.91 Å². The maximum atomic E-state index is 13.0. The van der Waals surface area contributed by atoms with E-state index in [1.165, 1.54) is 0 Å². The SMILES string of the molecule is CC(C(=O)N(CCO)Cc1ccccc1Cl)n1cnc2ccccc21. The highest BCUT2D eigenvalue weighted by Crippen LogP contribution is 2.22. The van der Waals surface area contributed by atoms with Crippen molar-refractivity contribution < 1.29 is 9.90 Å². The maximum Gasteiger partial charge on any atom is 0.245 e. The van der Waals surface area contributed by atoms with E-state index < -0.39 is 6.04 Å². The Bertz CT molecular complexity index is 878. The number of halogens is 1. The molecule has 0 saturated heterocycles. The summed E-state index contributed by atoms with van der Waals surface area (Å²) in [5, 5.41) is 9.98. The Morgan fingerprint density at radius 2 is 1.96 bits per heavy atom. The van der Waals surface area contributed by atoms with Crippen LogP contribution < -0.4 is 0 Å². The molecule has 2 aromatic carbocycles. The number of amides is 1. The number of benzene rings is 2. The van der Waals surface area contributed by atoms with Crippen LogP contribution in [0.15, 0.2) is 54.9 Å². The van der Waals surface area contributed by atoms with E-state index in [1.807, 2.05) is 54.0 Å². The Balaban J connectivity index is 1.86. The summed E-state index contributed by atoms with van der Waals surface area (Å²) in [6, 6.07) is 14.7. The average Bonchev–Trinajstić information content (AvgIpc) is 3.06. The number of rotatable bonds is 6. The molecule has 3 aromatic rings. The molecule has 0 fully saturated rings. The Labute approximate surface area is 151 Å². The van der Waals surface area contributed by atoms with E-state index in [9.17, 15) is 9.90 Å². The lowest BCUT2D eigenvalue weighted by atomic mass is 10.2. The van der Waals surface area contributed by atoms with Gasteiger partial charge in [0.05, 0.1) is 24.0 Å². The molecule has 0 aliphatic heterocycles. The van der Waals surface area contributed by atoms with Crippen LogP contribution in [0.3, 0.4) is 0 Å². The molecular formula is C19H20ClN3O2. The van der Waals surface area contributed by atoms with Gasteiger partial charge in [0.25, 0.3) is 0 Å². The molecule has 1 amide bonds. The largest absolute Gasteiger partial charge is 0.395 e. The zero-order chi connectivity index (χ0) is 17.8.